The molecule has 2 aliphatic heterocycles. The van der Waals surface area contributed by atoms with Gasteiger partial charge in [0.05, 0.1) is 21.6 Å². The number of hydrogen-bond donors (Lipinski definition) is 1. The number of nitrogens with one attached hydrogen (secondary N) is 1. The van der Waals surface area contributed by atoms with E-state index in [4.69, 9.17) is 0 Å². The number of thioether (sulfide) groups is 1. The summed E-state index contributed by atoms with van der Waals surface area (Å²) in [5.41, 5.74) is 0.774. The van der Waals surface area contributed by atoms with Crippen LogP contribution in [0.25, 0.3) is 0 Å². The molecule has 10 nitrogen and oxygen atoms in total. The summed E-state index contributed by atoms with van der Waals surface area (Å²) in [6, 6.07) is 15.5. The zero-order valence-electron chi connectivity index (χ0n) is 21.2. The fraction of sp³-hybridized carbons (Fsp3) is 0.143. The van der Waals surface area contributed by atoms with Gasteiger partial charge in [0.1, 0.15) is 23.4 Å². The second-order valence-electron chi connectivity index (χ2n) is 9.56. The Morgan fingerprint density at radius 1 is 0.905 bits per heavy atom. The van der Waals surface area contributed by atoms with E-state index < -0.39 is 62.8 Å². The van der Waals surface area contributed by atoms with Crippen LogP contribution in [-0.2, 0) is 20.9 Å². The first kappa shape index (κ1) is 27.5. The average Bonchev–Trinajstić information content (AvgIpc) is 3.41. The van der Waals surface area contributed by atoms with Crippen LogP contribution in [0.3, 0.4) is 0 Å². The van der Waals surface area contributed by atoms with E-state index in [1.54, 1.807) is 0 Å². The molecule has 0 radical (unpaired) electrons. The molecular weight excluding hydrogens is 590 g/mol. The van der Waals surface area contributed by atoms with Gasteiger partial charge in [-0.15, -0.1) is 0 Å². The topological polar surface area (TPSA) is 132 Å². The number of thiazole rings is 1. The molecule has 1 N–H and O–H groups in total. The summed E-state index contributed by atoms with van der Waals surface area (Å²) >= 11 is 1.83. The normalized spacial score (nSPS) is 19.4. The molecule has 3 aromatic carbocycles. The smallest absolute Gasteiger partial charge is 0.308 e. The van der Waals surface area contributed by atoms with Crippen LogP contribution in [0.2, 0.25) is 0 Å². The lowest BCUT2D eigenvalue weighted by molar-refractivity contribution is -0.384. The van der Waals surface area contributed by atoms with Gasteiger partial charge in [0, 0.05) is 28.6 Å². The van der Waals surface area contributed by atoms with Gasteiger partial charge in [-0.25, -0.2) is 13.7 Å². The van der Waals surface area contributed by atoms with Crippen molar-refractivity contribution in [1.82, 2.24) is 4.57 Å². The molecule has 1 fully saturated rings. The van der Waals surface area contributed by atoms with Crippen molar-refractivity contribution in [2.75, 3.05) is 10.2 Å². The van der Waals surface area contributed by atoms with Crippen LogP contribution in [0.5, 0.6) is 0 Å². The molecule has 4 aromatic rings. The Hall–Kier alpha value is -4.69. The molecule has 212 valence electrons. The van der Waals surface area contributed by atoms with Crippen LogP contribution < -0.4 is 15.1 Å². The van der Waals surface area contributed by atoms with Crippen LogP contribution in [-0.4, -0.2) is 32.5 Å². The Balaban J connectivity index is 1.39. The molecule has 3 heterocycles. The molecule has 0 saturated carbocycles. The number of carbonyl (C=O) groups is 3. The highest BCUT2D eigenvalue weighted by Crippen LogP contribution is 2.53. The molecule has 3 amide bonds. The van der Waals surface area contributed by atoms with Crippen molar-refractivity contribution >= 4 is 57.9 Å². The molecule has 3 atom stereocenters. The number of halogens is 2. The molecule has 42 heavy (non-hydrogen) atoms. The minimum Gasteiger partial charge on any atom is -0.325 e. The molecule has 14 heteroatoms. The Bertz CT molecular complexity index is 1810. The molecule has 6 rings (SSSR count). The highest BCUT2D eigenvalue weighted by molar-refractivity contribution is 8.00. The second-order valence-corrected chi connectivity index (χ2v) is 11.7. The highest BCUT2D eigenvalue weighted by atomic mass is 32.2. The number of fused-ring (bicyclic) bond motifs is 2. The van der Waals surface area contributed by atoms with E-state index in [2.05, 4.69) is 5.32 Å². The zero-order valence-corrected chi connectivity index (χ0v) is 22.9. The Kier molecular flexibility index (Phi) is 6.94. The fourth-order valence-electron chi connectivity index (χ4n) is 5.14. The van der Waals surface area contributed by atoms with Crippen molar-refractivity contribution in [2.24, 2.45) is 5.92 Å². The Morgan fingerprint density at radius 3 is 2.14 bits per heavy atom. The van der Waals surface area contributed by atoms with Gasteiger partial charge in [0.25, 0.3) is 5.69 Å². The standard InChI is InChI=1S/C28H18F2N4O6S2/c29-15-3-1-14(2-4-15)21-22-23(26(37)33(25(22)36)18-9-11-19(12-10-18)34(39)40)41-27-24(21)42-28(38)32(27)13-20(35)31-17-7-5-16(30)6-8-17/h1-12,21-23H,13H2,(H,31,35). The third-order valence-electron chi connectivity index (χ3n) is 7.03. The van der Waals surface area contributed by atoms with E-state index in [1.807, 2.05) is 0 Å². The number of anilines is 2. The van der Waals surface area contributed by atoms with E-state index in [0.29, 0.717) is 21.2 Å². The van der Waals surface area contributed by atoms with Gasteiger partial charge in [-0.2, -0.15) is 0 Å². The third kappa shape index (κ3) is 4.77. The minimum atomic E-state index is -0.990. The molecule has 1 saturated heterocycles. The number of aromatic nitrogens is 1. The first-order chi connectivity index (χ1) is 20.1. The number of rotatable bonds is 6. The number of imide groups is 1. The number of nitrogens with zero attached hydrogens (tertiary/aromatic N) is 3. The molecular formula is C28H18F2N4O6S2. The first-order valence-electron chi connectivity index (χ1n) is 12.5. The quantitative estimate of drug-likeness (QED) is 0.193. The summed E-state index contributed by atoms with van der Waals surface area (Å²) < 4.78 is 28.3. The second kappa shape index (κ2) is 10.6. The highest BCUT2D eigenvalue weighted by Gasteiger charge is 2.56. The van der Waals surface area contributed by atoms with Gasteiger partial charge in [-0.05, 0) is 54.1 Å². The Labute approximate surface area is 243 Å². The van der Waals surface area contributed by atoms with Gasteiger partial charge in [-0.1, -0.05) is 35.2 Å². The fourth-order valence-corrected chi connectivity index (χ4v) is 7.91. The minimum absolute atomic E-state index is 0.155. The predicted molar refractivity (Wildman–Crippen MR) is 151 cm³/mol. The molecule has 2 aliphatic rings. The monoisotopic (exact) mass is 608 g/mol. The number of nitro groups is 1. The van der Waals surface area contributed by atoms with E-state index in [-0.39, 0.29) is 11.4 Å². The number of benzene rings is 3. The van der Waals surface area contributed by atoms with E-state index in [0.717, 1.165) is 28.0 Å². The van der Waals surface area contributed by atoms with Gasteiger partial charge in [0.15, 0.2) is 0 Å². The first-order valence-corrected chi connectivity index (χ1v) is 14.2. The van der Waals surface area contributed by atoms with Crippen molar-refractivity contribution in [3.8, 4) is 0 Å². The van der Waals surface area contributed by atoms with Crippen LogP contribution in [0, 0.1) is 27.7 Å². The maximum atomic E-state index is 13.8. The molecule has 0 spiro atoms. The van der Waals surface area contributed by atoms with Crippen molar-refractivity contribution in [3.63, 3.8) is 0 Å². The van der Waals surface area contributed by atoms with Crippen LogP contribution in [0.15, 0.2) is 82.6 Å². The lowest BCUT2D eigenvalue weighted by atomic mass is 9.83. The number of nitro benzene ring substituents is 1. The average molecular weight is 609 g/mol. The van der Waals surface area contributed by atoms with Crippen LogP contribution >= 0.6 is 23.1 Å². The SMILES string of the molecule is O=C(Cn1c2c(sc1=O)C(c1ccc(F)cc1)C1C(=O)N(c3ccc([N+](=O)[O-])cc3)C(=O)C1S2)Nc1ccc(F)cc1. The number of carbonyl (C=O) groups excluding carboxylic acids is 3. The lowest BCUT2D eigenvalue weighted by Crippen LogP contribution is -2.33. The van der Waals surface area contributed by atoms with Crippen molar-refractivity contribution in [2.45, 2.75) is 22.7 Å². The van der Waals surface area contributed by atoms with E-state index in [9.17, 15) is 38.1 Å². The summed E-state index contributed by atoms with van der Waals surface area (Å²) in [6.45, 7) is -0.406. The van der Waals surface area contributed by atoms with Crippen molar-refractivity contribution in [1.29, 1.82) is 0 Å². The van der Waals surface area contributed by atoms with Gasteiger partial charge in [0.2, 0.25) is 17.7 Å². The van der Waals surface area contributed by atoms with Gasteiger partial charge >= 0.3 is 4.87 Å². The molecule has 0 aliphatic carbocycles. The van der Waals surface area contributed by atoms with Crippen molar-refractivity contribution < 1.29 is 28.1 Å². The van der Waals surface area contributed by atoms with Gasteiger partial charge in [-0.3, -0.25) is 33.9 Å². The number of non-ortho nitro benzene ring substituents is 1. The largest absolute Gasteiger partial charge is 0.325 e. The number of hydrogen-bond acceptors (Lipinski definition) is 8. The number of amides is 3. The van der Waals surface area contributed by atoms with E-state index >= 15 is 0 Å². The van der Waals surface area contributed by atoms with E-state index in [1.165, 1.54) is 77.4 Å². The maximum Gasteiger partial charge on any atom is 0.308 e. The van der Waals surface area contributed by atoms with Crippen LogP contribution in [0.4, 0.5) is 25.8 Å². The summed E-state index contributed by atoms with van der Waals surface area (Å²) in [4.78, 5) is 65.0. The zero-order chi connectivity index (χ0) is 29.7. The third-order valence-corrected chi connectivity index (χ3v) is 9.63. The van der Waals surface area contributed by atoms with Gasteiger partial charge < -0.3 is 5.32 Å². The molecule has 1 aromatic heterocycles. The van der Waals surface area contributed by atoms with Crippen molar-refractivity contribution in [3.05, 3.63) is 115 Å². The van der Waals surface area contributed by atoms with Crippen LogP contribution in [0.1, 0.15) is 16.4 Å². The molecule has 3 unspecified atom stereocenters. The summed E-state index contributed by atoms with van der Waals surface area (Å²) in [6.07, 6.45) is 0. The maximum absolute atomic E-state index is 13.8. The predicted octanol–water partition coefficient (Wildman–Crippen LogP) is 4.53. The summed E-state index contributed by atoms with van der Waals surface area (Å²) in [5.74, 6) is -4.46. The Morgan fingerprint density at radius 2 is 1.52 bits per heavy atom. The lowest BCUT2D eigenvalue weighted by Gasteiger charge is -2.30. The summed E-state index contributed by atoms with van der Waals surface area (Å²) in [5, 5.41) is 13.0. The summed E-state index contributed by atoms with van der Waals surface area (Å²) in [7, 11) is 0. The molecule has 0 bridgehead atoms.